The van der Waals surface area contributed by atoms with Crippen LogP contribution < -0.4 is 0 Å². The highest BCUT2D eigenvalue weighted by atomic mass is 16.6. The first-order valence-corrected chi connectivity index (χ1v) is 3.20. The fourth-order valence-corrected chi connectivity index (χ4v) is 0.703. The number of hydrogen-bond donors (Lipinski definition) is 0. The van der Waals surface area contributed by atoms with Crippen LogP contribution in [0.4, 0.5) is 0 Å². The normalized spacial score (nSPS) is 21.5. The summed E-state index contributed by atoms with van der Waals surface area (Å²) in [6, 6.07) is 0. The quantitative estimate of drug-likeness (QED) is 0.529. The molecule has 0 amide bonds. The van der Waals surface area contributed by atoms with Gasteiger partial charge in [0.2, 0.25) is 0 Å². The molecular weight excluding hydrogens is 148 g/mol. The van der Waals surface area contributed by atoms with Crippen LogP contribution in [0.25, 0.3) is 0 Å². The second kappa shape index (κ2) is 3.18. The van der Waals surface area contributed by atoms with E-state index in [1.54, 1.807) is 6.08 Å². The van der Waals surface area contributed by atoms with Gasteiger partial charge in [-0.15, -0.1) is 0 Å². The van der Waals surface area contributed by atoms with E-state index < -0.39 is 6.10 Å². The highest BCUT2D eigenvalue weighted by Crippen LogP contribution is 2.04. The van der Waals surface area contributed by atoms with Crippen LogP contribution >= 0.6 is 0 Å². The number of carbonyl (C=O) groups is 2. The van der Waals surface area contributed by atoms with Gasteiger partial charge in [0, 0.05) is 13.0 Å². The van der Waals surface area contributed by atoms with Gasteiger partial charge in [0.1, 0.15) is 6.61 Å². The Morgan fingerprint density at radius 3 is 3.00 bits per heavy atom. The average Bonchev–Trinajstić information content (AvgIpc) is 2.31. The SMILES string of the molecule is CC(=O)OCC1C=CC(=O)O1. The molecule has 0 saturated heterocycles. The maximum Gasteiger partial charge on any atom is 0.331 e. The fraction of sp³-hybridized carbons (Fsp3) is 0.429. The number of esters is 2. The first-order valence-electron chi connectivity index (χ1n) is 3.20. The molecule has 0 N–H and O–H groups in total. The Morgan fingerprint density at radius 2 is 2.55 bits per heavy atom. The van der Waals surface area contributed by atoms with E-state index in [2.05, 4.69) is 9.47 Å². The Kier molecular flexibility index (Phi) is 2.25. The van der Waals surface area contributed by atoms with Crippen LogP contribution in [-0.4, -0.2) is 24.6 Å². The van der Waals surface area contributed by atoms with E-state index in [1.807, 2.05) is 0 Å². The van der Waals surface area contributed by atoms with Gasteiger partial charge in [-0.3, -0.25) is 4.79 Å². The number of carbonyl (C=O) groups excluding carboxylic acids is 2. The molecule has 4 heteroatoms. The van der Waals surface area contributed by atoms with Gasteiger partial charge in [0.05, 0.1) is 0 Å². The molecule has 0 aromatic rings. The van der Waals surface area contributed by atoms with E-state index in [-0.39, 0.29) is 18.5 Å². The van der Waals surface area contributed by atoms with Gasteiger partial charge in [-0.05, 0) is 6.08 Å². The summed E-state index contributed by atoms with van der Waals surface area (Å²) < 4.78 is 9.29. The molecule has 0 aromatic heterocycles. The number of rotatable bonds is 2. The lowest BCUT2D eigenvalue weighted by Crippen LogP contribution is -2.17. The van der Waals surface area contributed by atoms with Crippen LogP contribution in [0.1, 0.15) is 6.92 Å². The molecule has 11 heavy (non-hydrogen) atoms. The highest BCUT2D eigenvalue weighted by molar-refractivity contribution is 5.84. The summed E-state index contributed by atoms with van der Waals surface area (Å²) in [6.07, 6.45) is 2.48. The van der Waals surface area contributed by atoms with Crippen LogP contribution in [0.5, 0.6) is 0 Å². The van der Waals surface area contributed by atoms with Crippen molar-refractivity contribution in [1.29, 1.82) is 0 Å². The first-order chi connectivity index (χ1) is 5.18. The number of hydrogen-bond acceptors (Lipinski definition) is 4. The third-order valence-corrected chi connectivity index (χ3v) is 1.17. The van der Waals surface area contributed by atoms with E-state index in [4.69, 9.17) is 0 Å². The average molecular weight is 156 g/mol. The molecule has 0 aliphatic carbocycles. The molecule has 1 rings (SSSR count). The Bertz CT molecular complexity index is 206. The molecule has 0 aromatic carbocycles. The first kappa shape index (κ1) is 7.78. The second-order valence-corrected chi connectivity index (χ2v) is 2.14. The van der Waals surface area contributed by atoms with Gasteiger partial charge in [0.15, 0.2) is 6.10 Å². The lowest BCUT2D eigenvalue weighted by atomic mass is 10.4. The molecule has 4 nitrogen and oxygen atoms in total. The summed E-state index contributed by atoms with van der Waals surface area (Å²) in [5.41, 5.74) is 0. The molecule has 1 heterocycles. The molecular formula is C7H8O4. The largest absolute Gasteiger partial charge is 0.462 e. The summed E-state index contributed by atoms with van der Waals surface area (Å²) in [5.74, 6) is -0.761. The lowest BCUT2D eigenvalue weighted by molar-refractivity contribution is -0.149. The van der Waals surface area contributed by atoms with E-state index in [1.165, 1.54) is 13.0 Å². The molecule has 1 aliphatic heterocycles. The predicted octanol–water partition coefficient (Wildman–Crippen LogP) is 0.0311. The summed E-state index contributed by atoms with van der Waals surface area (Å²) in [7, 11) is 0. The van der Waals surface area contributed by atoms with Gasteiger partial charge >= 0.3 is 11.9 Å². The van der Waals surface area contributed by atoms with E-state index in [9.17, 15) is 9.59 Å². The van der Waals surface area contributed by atoms with Crippen molar-refractivity contribution < 1.29 is 19.1 Å². The van der Waals surface area contributed by atoms with Crippen molar-refractivity contribution in [1.82, 2.24) is 0 Å². The van der Waals surface area contributed by atoms with Crippen LogP contribution in [0.2, 0.25) is 0 Å². The monoisotopic (exact) mass is 156 g/mol. The zero-order chi connectivity index (χ0) is 8.27. The van der Waals surface area contributed by atoms with Crippen molar-refractivity contribution in [3.05, 3.63) is 12.2 Å². The van der Waals surface area contributed by atoms with Crippen molar-refractivity contribution >= 4 is 11.9 Å². The van der Waals surface area contributed by atoms with Crippen molar-refractivity contribution in [2.75, 3.05) is 6.61 Å². The fourth-order valence-electron chi connectivity index (χ4n) is 0.703. The predicted molar refractivity (Wildman–Crippen MR) is 35.7 cm³/mol. The molecule has 0 bridgehead atoms. The molecule has 1 atom stereocenters. The standard InChI is InChI=1S/C7H8O4/c1-5(8)10-4-6-2-3-7(9)11-6/h2-3,6H,4H2,1H3. The molecule has 1 unspecified atom stereocenters. The Morgan fingerprint density at radius 1 is 1.82 bits per heavy atom. The molecule has 0 fully saturated rings. The second-order valence-electron chi connectivity index (χ2n) is 2.14. The molecule has 60 valence electrons. The van der Waals surface area contributed by atoms with Gasteiger partial charge in [-0.1, -0.05) is 0 Å². The Hall–Kier alpha value is -1.32. The minimum atomic E-state index is -0.397. The molecule has 0 radical (unpaired) electrons. The van der Waals surface area contributed by atoms with E-state index in [0.717, 1.165) is 0 Å². The molecule has 0 spiro atoms. The number of ether oxygens (including phenoxy) is 2. The third kappa shape index (κ3) is 2.41. The Balaban J connectivity index is 2.24. The molecule has 1 aliphatic rings. The maximum atomic E-state index is 10.4. The van der Waals surface area contributed by atoms with Crippen LogP contribution in [0, 0.1) is 0 Å². The van der Waals surface area contributed by atoms with Crippen LogP contribution in [-0.2, 0) is 19.1 Å². The van der Waals surface area contributed by atoms with Gasteiger partial charge < -0.3 is 9.47 Å². The minimum Gasteiger partial charge on any atom is -0.462 e. The smallest absolute Gasteiger partial charge is 0.331 e. The van der Waals surface area contributed by atoms with E-state index >= 15 is 0 Å². The van der Waals surface area contributed by atoms with Gasteiger partial charge in [-0.2, -0.15) is 0 Å². The van der Waals surface area contributed by atoms with Crippen LogP contribution in [0.3, 0.4) is 0 Å². The van der Waals surface area contributed by atoms with Crippen LogP contribution in [0.15, 0.2) is 12.2 Å². The van der Waals surface area contributed by atoms with Crippen molar-refractivity contribution in [2.24, 2.45) is 0 Å². The summed E-state index contributed by atoms with van der Waals surface area (Å²) >= 11 is 0. The van der Waals surface area contributed by atoms with E-state index in [0.29, 0.717) is 0 Å². The maximum absolute atomic E-state index is 10.4. The van der Waals surface area contributed by atoms with Crippen molar-refractivity contribution in [3.63, 3.8) is 0 Å². The van der Waals surface area contributed by atoms with Crippen molar-refractivity contribution in [3.8, 4) is 0 Å². The molecule has 0 saturated carbocycles. The zero-order valence-electron chi connectivity index (χ0n) is 6.07. The number of cyclic esters (lactones) is 1. The Labute approximate surface area is 63.8 Å². The summed E-state index contributed by atoms with van der Waals surface area (Å²) in [6.45, 7) is 1.41. The summed E-state index contributed by atoms with van der Waals surface area (Å²) in [4.78, 5) is 20.7. The topological polar surface area (TPSA) is 52.6 Å². The van der Waals surface area contributed by atoms with Gasteiger partial charge in [0.25, 0.3) is 0 Å². The third-order valence-electron chi connectivity index (χ3n) is 1.17. The highest BCUT2D eigenvalue weighted by Gasteiger charge is 2.16. The van der Waals surface area contributed by atoms with Crippen molar-refractivity contribution in [2.45, 2.75) is 13.0 Å². The lowest BCUT2D eigenvalue weighted by Gasteiger charge is -2.06. The summed E-state index contributed by atoms with van der Waals surface area (Å²) in [5, 5.41) is 0. The minimum absolute atomic E-state index is 0.109. The zero-order valence-corrected chi connectivity index (χ0v) is 6.07. The van der Waals surface area contributed by atoms with Gasteiger partial charge in [-0.25, -0.2) is 4.79 Å².